The van der Waals surface area contributed by atoms with Gasteiger partial charge in [0, 0.05) is 35.4 Å². The van der Waals surface area contributed by atoms with Crippen molar-refractivity contribution >= 4 is 45.6 Å². The van der Waals surface area contributed by atoms with Gasteiger partial charge in [-0.2, -0.15) is 0 Å². The molecule has 1 heterocycles. The number of nitrogens with two attached hydrogens (primary N) is 1. The van der Waals surface area contributed by atoms with Crippen LogP contribution in [0, 0.1) is 5.82 Å². The summed E-state index contributed by atoms with van der Waals surface area (Å²) in [5.74, 6) is -0.561. The summed E-state index contributed by atoms with van der Waals surface area (Å²) in [4.78, 5) is 18.0. The zero-order valence-corrected chi connectivity index (χ0v) is 15.1. The molecule has 0 aliphatic heterocycles. The van der Waals surface area contributed by atoms with Crippen LogP contribution in [0.25, 0.3) is 0 Å². The van der Waals surface area contributed by atoms with Crippen LogP contribution in [0.15, 0.2) is 28.1 Å². The number of hydrogen-bond acceptors (Lipinski definition) is 4. The highest BCUT2D eigenvalue weighted by Gasteiger charge is 2.17. The molecule has 120 valence electrons. The second kappa shape index (κ2) is 8.57. The van der Waals surface area contributed by atoms with E-state index in [0.29, 0.717) is 24.2 Å². The zero-order valence-electron chi connectivity index (χ0n) is 11.9. The average molecular weight is 409 g/mol. The summed E-state index contributed by atoms with van der Waals surface area (Å²) in [7, 11) is 1.63. The second-order valence-corrected chi connectivity index (χ2v) is 6.42. The molecule has 1 amide bonds. The average Bonchev–Trinajstić information content (AvgIpc) is 2.91. The van der Waals surface area contributed by atoms with E-state index in [2.05, 4.69) is 20.9 Å². The monoisotopic (exact) mass is 407 g/mol. The zero-order chi connectivity index (χ0) is 15.4. The quantitative estimate of drug-likeness (QED) is 0.826. The number of rotatable bonds is 5. The molecule has 1 aromatic heterocycles. The van der Waals surface area contributed by atoms with Crippen molar-refractivity contribution in [3.63, 3.8) is 0 Å². The lowest BCUT2D eigenvalue weighted by Gasteiger charge is -2.16. The highest BCUT2D eigenvalue weighted by Crippen LogP contribution is 2.18. The van der Waals surface area contributed by atoms with E-state index < -0.39 is 0 Å². The largest absolute Gasteiger partial charge is 0.336 e. The topological polar surface area (TPSA) is 59.2 Å². The molecule has 2 N–H and O–H groups in total. The first-order valence-corrected chi connectivity index (χ1v) is 8.02. The Kier molecular flexibility index (Phi) is 7.41. The summed E-state index contributed by atoms with van der Waals surface area (Å²) in [6.07, 6.45) is 0.655. The number of halogens is 3. The van der Waals surface area contributed by atoms with Crippen molar-refractivity contribution in [1.82, 2.24) is 9.88 Å². The number of nitrogens with zero attached hydrogens (tertiary/aromatic N) is 2. The number of thiazole rings is 1. The predicted octanol–water partition coefficient (Wildman–Crippen LogP) is 3.24. The number of benzene rings is 1. The van der Waals surface area contributed by atoms with Crippen LogP contribution in [0.3, 0.4) is 0 Å². The van der Waals surface area contributed by atoms with Gasteiger partial charge in [0.2, 0.25) is 0 Å². The maximum atomic E-state index is 13.7. The SMILES string of the molecule is CN(Cc1cc(Br)ccc1F)C(=O)c1csc(CCN)n1.Cl. The fourth-order valence-electron chi connectivity index (χ4n) is 1.83. The number of aromatic nitrogens is 1. The minimum Gasteiger partial charge on any atom is -0.336 e. The lowest BCUT2D eigenvalue weighted by molar-refractivity contribution is 0.0778. The van der Waals surface area contributed by atoms with Crippen molar-refractivity contribution in [1.29, 1.82) is 0 Å². The maximum Gasteiger partial charge on any atom is 0.273 e. The third kappa shape index (κ3) is 4.74. The van der Waals surface area contributed by atoms with Gasteiger partial charge in [-0.3, -0.25) is 4.79 Å². The summed E-state index contributed by atoms with van der Waals surface area (Å²) in [5, 5.41) is 2.55. The van der Waals surface area contributed by atoms with Crippen LogP contribution < -0.4 is 5.73 Å². The first-order valence-electron chi connectivity index (χ1n) is 6.35. The third-order valence-corrected chi connectivity index (χ3v) is 4.29. The van der Waals surface area contributed by atoms with Crippen molar-refractivity contribution in [2.75, 3.05) is 13.6 Å². The molecule has 8 heteroatoms. The Morgan fingerprint density at radius 3 is 2.91 bits per heavy atom. The molecule has 2 rings (SSSR count). The summed E-state index contributed by atoms with van der Waals surface area (Å²) in [5.41, 5.74) is 6.30. The van der Waals surface area contributed by atoms with Crippen LogP contribution in [-0.2, 0) is 13.0 Å². The first kappa shape index (κ1) is 19.0. The van der Waals surface area contributed by atoms with Crippen molar-refractivity contribution in [3.8, 4) is 0 Å². The van der Waals surface area contributed by atoms with Gasteiger partial charge in [-0.05, 0) is 24.7 Å². The van der Waals surface area contributed by atoms with E-state index in [4.69, 9.17) is 5.73 Å². The van der Waals surface area contributed by atoms with Crippen LogP contribution in [0.2, 0.25) is 0 Å². The van der Waals surface area contributed by atoms with E-state index in [1.165, 1.54) is 22.3 Å². The highest BCUT2D eigenvalue weighted by atomic mass is 79.9. The molecule has 1 aromatic carbocycles. The Morgan fingerprint density at radius 1 is 1.50 bits per heavy atom. The summed E-state index contributed by atoms with van der Waals surface area (Å²) in [6, 6.07) is 4.67. The van der Waals surface area contributed by atoms with Crippen LogP contribution in [0.5, 0.6) is 0 Å². The predicted molar refractivity (Wildman–Crippen MR) is 92.0 cm³/mol. The molecule has 0 aliphatic rings. The van der Waals surface area contributed by atoms with Gasteiger partial charge >= 0.3 is 0 Å². The normalized spacial score (nSPS) is 10.2. The second-order valence-electron chi connectivity index (χ2n) is 4.56. The minimum atomic E-state index is -0.333. The summed E-state index contributed by atoms with van der Waals surface area (Å²) in [6.45, 7) is 0.689. The molecule has 0 aliphatic carbocycles. The first-order chi connectivity index (χ1) is 10.0. The Morgan fingerprint density at radius 2 is 2.23 bits per heavy atom. The van der Waals surface area contributed by atoms with Gasteiger partial charge < -0.3 is 10.6 Å². The molecule has 22 heavy (non-hydrogen) atoms. The van der Waals surface area contributed by atoms with E-state index in [-0.39, 0.29) is 30.7 Å². The van der Waals surface area contributed by atoms with Crippen molar-refractivity contribution in [3.05, 3.63) is 50.1 Å². The van der Waals surface area contributed by atoms with Crippen LogP contribution in [0.1, 0.15) is 21.1 Å². The van der Waals surface area contributed by atoms with Gasteiger partial charge in [-0.1, -0.05) is 15.9 Å². The molecule has 0 unspecified atom stereocenters. The number of carbonyl (C=O) groups excluding carboxylic acids is 1. The Bertz CT molecular complexity index is 653. The fourth-order valence-corrected chi connectivity index (χ4v) is 3.03. The Labute approximate surface area is 147 Å². The fraction of sp³-hybridized carbons (Fsp3) is 0.286. The molecule has 4 nitrogen and oxygen atoms in total. The molecule has 0 fully saturated rings. The molecule has 0 bridgehead atoms. The number of amides is 1. The molecule has 0 saturated carbocycles. The molecular formula is C14H16BrClFN3OS. The molecular weight excluding hydrogens is 393 g/mol. The van der Waals surface area contributed by atoms with Gasteiger partial charge in [0.25, 0.3) is 5.91 Å². The Hall–Kier alpha value is -1.02. The van der Waals surface area contributed by atoms with Gasteiger partial charge in [0.15, 0.2) is 0 Å². The van der Waals surface area contributed by atoms with Crippen LogP contribution >= 0.6 is 39.7 Å². The van der Waals surface area contributed by atoms with E-state index in [1.807, 2.05) is 0 Å². The van der Waals surface area contributed by atoms with Crippen LogP contribution in [-0.4, -0.2) is 29.4 Å². The third-order valence-electron chi connectivity index (χ3n) is 2.89. The van der Waals surface area contributed by atoms with Crippen LogP contribution in [0.4, 0.5) is 4.39 Å². The molecule has 0 radical (unpaired) electrons. The van der Waals surface area contributed by atoms with Gasteiger partial charge in [-0.25, -0.2) is 9.37 Å². The van der Waals surface area contributed by atoms with Crippen molar-refractivity contribution in [2.24, 2.45) is 5.73 Å². The van der Waals surface area contributed by atoms with Gasteiger partial charge in [0.1, 0.15) is 11.5 Å². The van der Waals surface area contributed by atoms with E-state index in [1.54, 1.807) is 24.6 Å². The van der Waals surface area contributed by atoms with E-state index >= 15 is 0 Å². The summed E-state index contributed by atoms with van der Waals surface area (Å²) >= 11 is 4.71. The van der Waals surface area contributed by atoms with E-state index in [9.17, 15) is 9.18 Å². The standard InChI is InChI=1S/C14H15BrFN3OS.ClH/c1-19(7-9-6-10(15)2-3-11(9)16)14(20)12-8-21-13(18-12)4-5-17;/h2-3,6,8H,4-5,7,17H2,1H3;1H. The molecule has 2 aromatic rings. The summed E-state index contributed by atoms with van der Waals surface area (Å²) < 4.78 is 14.5. The highest BCUT2D eigenvalue weighted by molar-refractivity contribution is 9.10. The van der Waals surface area contributed by atoms with Crippen molar-refractivity contribution < 1.29 is 9.18 Å². The number of hydrogen-bond donors (Lipinski definition) is 1. The Balaban J connectivity index is 0.00000242. The van der Waals surface area contributed by atoms with Crippen molar-refractivity contribution in [2.45, 2.75) is 13.0 Å². The lowest BCUT2D eigenvalue weighted by Crippen LogP contribution is -2.27. The molecule has 0 spiro atoms. The maximum absolute atomic E-state index is 13.7. The minimum absolute atomic E-state index is 0. The molecule has 0 saturated heterocycles. The number of carbonyl (C=O) groups is 1. The smallest absolute Gasteiger partial charge is 0.273 e. The van der Waals surface area contributed by atoms with Gasteiger partial charge in [-0.15, -0.1) is 23.7 Å². The molecule has 0 atom stereocenters. The van der Waals surface area contributed by atoms with Gasteiger partial charge in [0.05, 0.1) is 5.01 Å². The van der Waals surface area contributed by atoms with E-state index in [0.717, 1.165) is 9.48 Å². The lowest BCUT2D eigenvalue weighted by atomic mass is 10.2.